The van der Waals surface area contributed by atoms with E-state index in [1.165, 1.54) is 6.42 Å². The van der Waals surface area contributed by atoms with Crippen molar-refractivity contribution in [2.24, 2.45) is 5.41 Å². The van der Waals surface area contributed by atoms with Gasteiger partial charge in [-0.2, -0.15) is 0 Å². The van der Waals surface area contributed by atoms with Gasteiger partial charge in [-0.25, -0.2) is 0 Å². The lowest BCUT2D eigenvalue weighted by molar-refractivity contribution is -0.268. The lowest BCUT2D eigenvalue weighted by Crippen LogP contribution is -2.55. The van der Waals surface area contributed by atoms with Crippen LogP contribution >= 0.6 is 0 Å². The van der Waals surface area contributed by atoms with Crippen LogP contribution in [-0.4, -0.2) is 30.2 Å². The van der Waals surface area contributed by atoms with Gasteiger partial charge in [0.15, 0.2) is 5.79 Å². The molecule has 0 aromatic heterocycles. The van der Waals surface area contributed by atoms with Crippen LogP contribution in [0.2, 0.25) is 0 Å². The van der Waals surface area contributed by atoms with Gasteiger partial charge in [-0.3, -0.25) is 0 Å². The van der Waals surface area contributed by atoms with Gasteiger partial charge in [0.1, 0.15) is 0 Å². The van der Waals surface area contributed by atoms with E-state index in [1.807, 2.05) is 12.2 Å². The number of hydrogen-bond acceptors (Lipinski definition) is 3. The molecule has 1 aliphatic heterocycles. The highest BCUT2D eigenvalue weighted by atomic mass is 16.7. The number of hydrogen-bond donors (Lipinski definition) is 1. The largest absolute Gasteiger partial charge is 0.392 e. The van der Waals surface area contributed by atoms with E-state index in [0.29, 0.717) is 19.6 Å². The van der Waals surface area contributed by atoms with Crippen LogP contribution in [0.1, 0.15) is 51.4 Å². The zero-order chi connectivity index (χ0) is 14.5. The summed E-state index contributed by atoms with van der Waals surface area (Å²) in [5.41, 5.74) is -0.356. The molecule has 3 heteroatoms. The first-order valence-electron chi connectivity index (χ1n) is 7.88. The lowest BCUT2D eigenvalue weighted by Gasteiger charge is -2.48. The van der Waals surface area contributed by atoms with Crippen LogP contribution in [0.4, 0.5) is 0 Å². The Morgan fingerprint density at radius 2 is 1.75 bits per heavy atom. The van der Waals surface area contributed by atoms with Crippen LogP contribution in [0.15, 0.2) is 25.3 Å². The van der Waals surface area contributed by atoms with Crippen molar-refractivity contribution in [3.8, 4) is 0 Å². The third-order valence-corrected chi connectivity index (χ3v) is 4.93. The van der Waals surface area contributed by atoms with Gasteiger partial charge in [-0.15, -0.1) is 13.2 Å². The van der Waals surface area contributed by atoms with Gasteiger partial charge in [-0.05, 0) is 32.1 Å². The monoisotopic (exact) mass is 280 g/mol. The van der Waals surface area contributed by atoms with Crippen molar-refractivity contribution < 1.29 is 14.6 Å². The Morgan fingerprint density at radius 3 is 2.40 bits per heavy atom. The van der Waals surface area contributed by atoms with Gasteiger partial charge in [0.05, 0.1) is 24.7 Å². The first-order valence-corrected chi connectivity index (χ1v) is 7.88. The fraction of sp³-hybridized carbons (Fsp3) is 0.765. The van der Waals surface area contributed by atoms with E-state index in [4.69, 9.17) is 9.47 Å². The molecule has 1 aliphatic carbocycles. The minimum atomic E-state index is -0.613. The maximum atomic E-state index is 10.9. The minimum Gasteiger partial charge on any atom is -0.392 e. The SMILES string of the molecule is C=CCC[C@H](O)[C@@]1(CC=C)CCCCCC12OCCO2. The lowest BCUT2D eigenvalue weighted by atomic mass is 9.67. The average molecular weight is 280 g/mol. The Balaban J connectivity index is 2.32. The second-order valence-corrected chi connectivity index (χ2v) is 6.04. The number of ether oxygens (including phenoxy) is 2. The molecule has 0 radical (unpaired) electrons. The van der Waals surface area contributed by atoms with E-state index in [-0.39, 0.29) is 5.41 Å². The third-order valence-electron chi connectivity index (χ3n) is 4.93. The van der Waals surface area contributed by atoms with Crippen molar-refractivity contribution in [2.45, 2.75) is 63.3 Å². The number of allylic oxidation sites excluding steroid dienone is 2. The molecule has 0 aromatic rings. The minimum absolute atomic E-state index is 0.356. The molecule has 20 heavy (non-hydrogen) atoms. The Labute approximate surface area is 122 Å². The van der Waals surface area contributed by atoms with Crippen molar-refractivity contribution in [2.75, 3.05) is 13.2 Å². The Morgan fingerprint density at radius 1 is 1.05 bits per heavy atom. The van der Waals surface area contributed by atoms with Crippen LogP contribution in [0.5, 0.6) is 0 Å². The number of aliphatic hydroxyl groups excluding tert-OH is 1. The molecular formula is C17H28O3. The fourth-order valence-electron chi connectivity index (χ4n) is 3.92. The maximum absolute atomic E-state index is 10.9. The summed E-state index contributed by atoms with van der Waals surface area (Å²) in [6.07, 6.45) is 10.8. The first-order chi connectivity index (χ1) is 9.71. The fourth-order valence-corrected chi connectivity index (χ4v) is 3.92. The summed E-state index contributed by atoms with van der Waals surface area (Å²) in [4.78, 5) is 0. The van der Waals surface area contributed by atoms with Crippen molar-refractivity contribution >= 4 is 0 Å². The summed E-state index contributed by atoms with van der Waals surface area (Å²) in [5, 5.41) is 10.9. The molecule has 1 N–H and O–H groups in total. The summed E-state index contributed by atoms with van der Waals surface area (Å²) < 4.78 is 12.2. The first kappa shape index (κ1) is 15.7. The average Bonchev–Trinajstić information content (AvgIpc) is 2.85. The summed E-state index contributed by atoms with van der Waals surface area (Å²) >= 11 is 0. The van der Waals surface area contributed by atoms with Gasteiger partial charge in [-0.1, -0.05) is 25.0 Å². The Kier molecular flexibility index (Phi) is 5.42. The van der Waals surface area contributed by atoms with Crippen molar-refractivity contribution in [3.63, 3.8) is 0 Å². The number of rotatable bonds is 6. The van der Waals surface area contributed by atoms with E-state index in [2.05, 4.69) is 13.2 Å². The standard InChI is InChI=1S/C17H28O3/c1-3-5-9-15(18)16(10-4-2)11-7-6-8-12-17(16)19-13-14-20-17/h3-4,15,18H,1-2,5-14H2/t15-,16+/m0/s1. The van der Waals surface area contributed by atoms with Crippen LogP contribution in [-0.2, 0) is 9.47 Å². The van der Waals surface area contributed by atoms with Gasteiger partial charge in [0.25, 0.3) is 0 Å². The van der Waals surface area contributed by atoms with Gasteiger partial charge in [0.2, 0.25) is 0 Å². The molecule has 1 saturated heterocycles. The molecule has 1 saturated carbocycles. The summed E-state index contributed by atoms with van der Waals surface area (Å²) in [6, 6.07) is 0. The zero-order valence-corrected chi connectivity index (χ0v) is 12.5. The highest BCUT2D eigenvalue weighted by Gasteiger charge is 2.58. The Bertz CT molecular complexity index is 333. The quantitative estimate of drug-likeness (QED) is 0.756. The van der Waals surface area contributed by atoms with E-state index in [1.54, 1.807) is 0 Å². The summed E-state index contributed by atoms with van der Waals surface area (Å²) in [6.45, 7) is 8.93. The van der Waals surface area contributed by atoms with Crippen molar-refractivity contribution in [3.05, 3.63) is 25.3 Å². The molecule has 0 bridgehead atoms. The Hall–Kier alpha value is -0.640. The molecule has 2 rings (SSSR count). The molecule has 0 amide bonds. The van der Waals surface area contributed by atoms with E-state index >= 15 is 0 Å². The second kappa shape index (κ2) is 6.88. The highest BCUT2D eigenvalue weighted by Crippen LogP contribution is 2.53. The molecule has 2 aliphatic rings. The molecule has 1 heterocycles. The van der Waals surface area contributed by atoms with Gasteiger partial charge >= 0.3 is 0 Å². The smallest absolute Gasteiger partial charge is 0.176 e. The predicted octanol–water partition coefficient (Wildman–Crippen LogP) is 3.58. The summed E-state index contributed by atoms with van der Waals surface area (Å²) in [7, 11) is 0. The van der Waals surface area contributed by atoms with Crippen LogP contribution in [0.3, 0.4) is 0 Å². The maximum Gasteiger partial charge on any atom is 0.176 e. The molecule has 2 atom stereocenters. The normalized spacial score (nSPS) is 30.9. The molecular weight excluding hydrogens is 252 g/mol. The van der Waals surface area contributed by atoms with Crippen LogP contribution < -0.4 is 0 Å². The molecule has 2 fully saturated rings. The molecule has 3 nitrogen and oxygen atoms in total. The topological polar surface area (TPSA) is 38.7 Å². The highest BCUT2D eigenvalue weighted by molar-refractivity contribution is 5.05. The van der Waals surface area contributed by atoms with Gasteiger partial charge < -0.3 is 14.6 Å². The van der Waals surface area contributed by atoms with Crippen molar-refractivity contribution in [1.29, 1.82) is 0 Å². The zero-order valence-electron chi connectivity index (χ0n) is 12.5. The molecule has 114 valence electrons. The van der Waals surface area contributed by atoms with E-state index in [9.17, 15) is 5.11 Å². The summed E-state index contributed by atoms with van der Waals surface area (Å²) in [5.74, 6) is -0.613. The van der Waals surface area contributed by atoms with E-state index < -0.39 is 11.9 Å². The molecule has 0 unspecified atom stereocenters. The predicted molar refractivity (Wildman–Crippen MR) is 80.4 cm³/mol. The molecule has 0 aromatic carbocycles. The van der Waals surface area contributed by atoms with Crippen LogP contribution in [0, 0.1) is 5.41 Å². The number of aliphatic hydroxyl groups is 1. The van der Waals surface area contributed by atoms with Crippen molar-refractivity contribution in [1.82, 2.24) is 0 Å². The van der Waals surface area contributed by atoms with E-state index in [0.717, 1.165) is 38.5 Å². The molecule has 1 spiro atoms. The second-order valence-electron chi connectivity index (χ2n) is 6.04. The van der Waals surface area contributed by atoms with Crippen LogP contribution in [0.25, 0.3) is 0 Å². The third kappa shape index (κ3) is 2.72. The van der Waals surface area contributed by atoms with Gasteiger partial charge in [0, 0.05) is 6.42 Å².